The van der Waals surface area contributed by atoms with Crippen molar-refractivity contribution in [3.05, 3.63) is 252 Å². The number of fused-ring (bicyclic) bond motifs is 3. The van der Waals surface area contributed by atoms with Crippen molar-refractivity contribution in [2.75, 3.05) is 16.5 Å². The molecule has 0 N–H and O–H groups in total. The van der Waals surface area contributed by atoms with Crippen LogP contribution in [0, 0.1) is 5.41 Å². The van der Waals surface area contributed by atoms with Gasteiger partial charge in [0.05, 0.1) is 17.7 Å². The Morgan fingerprint density at radius 3 is 1.61 bits per heavy atom. The fraction of sp³-hybridized carbons (Fsp3) is 0.214. The third kappa shape index (κ3) is 9.42. The summed E-state index contributed by atoms with van der Waals surface area (Å²) in [4.78, 5) is 9.98. The normalized spacial score (nSPS) is 13.4. The lowest BCUT2D eigenvalue weighted by Crippen LogP contribution is -2.31. The Kier molecular flexibility index (Phi) is 12.4. The van der Waals surface area contributed by atoms with E-state index in [0.717, 1.165) is 50.9 Å². The van der Waals surface area contributed by atoms with Gasteiger partial charge in [-0.15, -0.1) is 0 Å². The predicted molar refractivity (Wildman–Crippen MR) is 316 cm³/mol. The second-order valence-electron chi connectivity index (χ2n) is 23.5. The molecule has 5 heteroatoms. The van der Waals surface area contributed by atoms with E-state index in [1.54, 1.807) is 0 Å². The van der Waals surface area contributed by atoms with E-state index in [1.165, 1.54) is 55.4 Å². The van der Waals surface area contributed by atoms with Gasteiger partial charge in [0.15, 0.2) is 0 Å². The first-order valence-corrected chi connectivity index (χ1v) is 26.4. The molecular formula is C70H68N4O. The van der Waals surface area contributed by atoms with E-state index >= 15 is 0 Å². The van der Waals surface area contributed by atoms with Crippen LogP contribution in [-0.4, -0.2) is 16.2 Å². The first-order valence-electron chi connectivity index (χ1n) is 26.4. The Morgan fingerprint density at radius 1 is 0.427 bits per heavy atom. The van der Waals surface area contributed by atoms with Crippen molar-refractivity contribution in [3.63, 3.8) is 0 Å². The number of aromatic nitrogens is 2. The molecule has 0 bridgehead atoms. The van der Waals surface area contributed by atoms with Crippen molar-refractivity contribution in [2.45, 2.75) is 85.5 Å². The molecule has 0 spiro atoms. The van der Waals surface area contributed by atoms with Crippen LogP contribution < -0.4 is 14.5 Å². The number of ether oxygens (including phenoxy) is 1. The average Bonchev–Trinajstić information content (AvgIpc) is 4.03. The van der Waals surface area contributed by atoms with Gasteiger partial charge < -0.3 is 14.5 Å². The minimum absolute atomic E-state index is 0.0592. The van der Waals surface area contributed by atoms with Gasteiger partial charge in [-0.3, -0.25) is 4.57 Å². The van der Waals surface area contributed by atoms with Crippen molar-refractivity contribution >= 4 is 33.2 Å². The number of benzene rings is 8. The minimum Gasteiger partial charge on any atom is -0.457 e. The van der Waals surface area contributed by atoms with Crippen molar-refractivity contribution in [3.8, 4) is 39.6 Å². The van der Waals surface area contributed by atoms with Crippen LogP contribution in [0.1, 0.15) is 97.1 Å². The quantitative estimate of drug-likeness (QED) is 0.129. The third-order valence-electron chi connectivity index (χ3n) is 15.5. The molecule has 3 heterocycles. The summed E-state index contributed by atoms with van der Waals surface area (Å²) in [5.74, 6) is 2.40. The van der Waals surface area contributed by atoms with Crippen molar-refractivity contribution in [1.29, 1.82) is 0 Å². The van der Waals surface area contributed by atoms with Crippen molar-refractivity contribution in [2.24, 2.45) is 5.41 Å². The molecule has 0 unspecified atom stereocenters. The molecule has 75 heavy (non-hydrogen) atoms. The maximum Gasteiger partial charge on any atom is 0.137 e. The molecule has 0 saturated carbocycles. The van der Waals surface area contributed by atoms with Gasteiger partial charge in [-0.2, -0.15) is 0 Å². The molecule has 0 radical (unpaired) electrons. The van der Waals surface area contributed by atoms with Crippen LogP contribution >= 0.6 is 0 Å². The molecule has 0 atom stereocenters. The summed E-state index contributed by atoms with van der Waals surface area (Å²) < 4.78 is 9.69. The molecule has 1 aliphatic heterocycles. The highest BCUT2D eigenvalue weighted by molar-refractivity contribution is 6.12. The summed E-state index contributed by atoms with van der Waals surface area (Å²) in [6.07, 6.45) is 4.31. The van der Waals surface area contributed by atoms with Gasteiger partial charge in [-0.05, 0) is 104 Å². The molecule has 0 saturated heterocycles. The van der Waals surface area contributed by atoms with Gasteiger partial charge >= 0.3 is 0 Å². The molecule has 374 valence electrons. The number of rotatable bonds is 11. The zero-order valence-corrected chi connectivity index (χ0v) is 45.2. The maximum atomic E-state index is 7.36. The number of hydrogen-bond acceptors (Lipinski definition) is 4. The number of allylic oxidation sites excluding steroid dienone is 1. The zero-order chi connectivity index (χ0) is 52.3. The number of pyridine rings is 1. The molecule has 2 aromatic heterocycles. The standard InChI is InChI=1S/C70H68N4O/c1-67(2,3)54-35-36-71-65(42-54)74-62-34-24-23-33-60(62)66-61(70(9,10)53-31-21-14-22-32-53)44-59(45-63(66)74)75-58-40-51(49-27-17-12-18-28-49)38-56(43-58)72-46-64(68(4,5)6)73(47-72)57-39-50(48-25-15-11-16-26-48)37-55(41-57)69(7,8)52-29-19-13-20-30-52/h11-46H,47H2,1-10H3. The smallest absolute Gasteiger partial charge is 0.137 e. The van der Waals surface area contributed by atoms with Crippen LogP contribution in [0.4, 0.5) is 11.4 Å². The molecule has 8 aromatic carbocycles. The summed E-state index contributed by atoms with van der Waals surface area (Å²) in [5, 5.41) is 2.37. The second-order valence-corrected chi connectivity index (χ2v) is 23.5. The van der Waals surface area contributed by atoms with Crippen molar-refractivity contribution in [1.82, 2.24) is 9.55 Å². The van der Waals surface area contributed by atoms with Crippen LogP contribution in [0.25, 0.3) is 49.9 Å². The van der Waals surface area contributed by atoms with E-state index in [9.17, 15) is 0 Å². The Balaban J connectivity index is 1.07. The Morgan fingerprint density at radius 2 is 0.987 bits per heavy atom. The summed E-state index contributed by atoms with van der Waals surface area (Å²) in [6, 6.07) is 74.7. The number of anilines is 2. The van der Waals surface area contributed by atoms with Gasteiger partial charge in [0.1, 0.15) is 17.3 Å². The predicted octanol–water partition coefficient (Wildman–Crippen LogP) is 18.4. The van der Waals surface area contributed by atoms with Crippen LogP contribution in [0.5, 0.6) is 11.5 Å². The summed E-state index contributed by atoms with van der Waals surface area (Å²) in [5.41, 5.74) is 15.5. The monoisotopic (exact) mass is 981 g/mol. The minimum atomic E-state index is -0.396. The molecule has 10 aromatic rings. The van der Waals surface area contributed by atoms with Crippen LogP contribution in [0.15, 0.2) is 224 Å². The first-order chi connectivity index (χ1) is 35.9. The van der Waals surface area contributed by atoms with Crippen LogP contribution in [0.3, 0.4) is 0 Å². The fourth-order valence-corrected chi connectivity index (χ4v) is 11.0. The van der Waals surface area contributed by atoms with E-state index in [1.807, 2.05) is 6.20 Å². The van der Waals surface area contributed by atoms with E-state index in [0.29, 0.717) is 6.67 Å². The fourth-order valence-electron chi connectivity index (χ4n) is 11.0. The van der Waals surface area contributed by atoms with Gasteiger partial charge in [0.25, 0.3) is 0 Å². The second kappa shape index (κ2) is 19.0. The van der Waals surface area contributed by atoms with E-state index in [-0.39, 0.29) is 16.2 Å². The first kappa shape index (κ1) is 49.1. The molecule has 1 aliphatic rings. The molecular weight excluding hydrogens is 913 g/mol. The lowest BCUT2D eigenvalue weighted by molar-refractivity contribution is 0.481. The highest BCUT2D eigenvalue weighted by Crippen LogP contribution is 2.47. The lowest BCUT2D eigenvalue weighted by atomic mass is 9.76. The highest BCUT2D eigenvalue weighted by Gasteiger charge is 2.34. The van der Waals surface area contributed by atoms with Gasteiger partial charge in [0.2, 0.25) is 0 Å². The molecule has 11 rings (SSSR count). The topological polar surface area (TPSA) is 33.5 Å². The number of nitrogens with zero attached hydrogens (tertiary/aromatic N) is 4. The Labute approximate surface area is 444 Å². The lowest BCUT2D eigenvalue weighted by Gasteiger charge is -2.33. The molecule has 0 amide bonds. The molecule has 0 aliphatic carbocycles. The van der Waals surface area contributed by atoms with Gasteiger partial charge in [0, 0.05) is 68.6 Å². The van der Waals surface area contributed by atoms with E-state index in [2.05, 4.69) is 296 Å². The largest absolute Gasteiger partial charge is 0.457 e. The highest BCUT2D eigenvalue weighted by atomic mass is 16.5. The van der Waals surface area contributed by atoms with Crippen molar-refractivity contribution < 1.29 is 4.74 Å². The Bertz CT molecular complexity index is 3730. The maximum absolute atomic E-state index is 7.36. The zero-order valence-electron chi connectivity index (χ0n) is 45.2. The van der Waals surface area contributed by atoms with Crippen LogP contribution in [0.2, 0.25) is 0 Å². The summed E-state index contributed by atoms with van der Waals surface area (Å²) in [7, 11) is 0. The molecule has 0 fully saturated rings. The van der Waals surface area contributed by atoms with Gasteiger partial charge in [-0.25, -0.2) is 4.98 Å². The third-order valence-corrected chi connectivity index (χ3v) is 15.5. The summed E-state index contributed by atoms with van der Waals surface area (Å²) in [6.45, 7) is 23.7. The van der Waals surface area contributed by atoms with E-state index < -0.39 is 5.41 Å². The number of para-hydroxylation sites is 1. The SMILES string of the molecule is CC(C)(C)C1=CN(c2cc(Oc3cc(C(C)(C)c4ccccc4)c4c5ccccc5n(-c5cc(C(C)(C)C)ccn5)c4c3)cc(-c3ccccc3)c2)CN1c1cc(-c2ccccc2)cc(C(C)(C)c2ccccc2)c1. The van der Waals surface area contributed by atoms with Gasteiger partial charge in [-0.1, -0.05) is 215 Å². The number of hydrogen-bond donors (Lipinski definition) is 0. The average molecular weight is 981 g/mol. The van der Waals surface area contributed by atoms with Crippen LogP contribution in [-0.2, 0) is 16.2 Å². The summed E-state index contributed by atoms with van der Waals surface area (Å²) >= 11 is 0. The molecule has 5 nitrogen and oxygen atoms in total. The van der Waals surface area contributed by atoms with E-state index in [4.69, 9.17) is 9.72 Å². The Hall–Kier alpha value is -8.15.